The molecule has 1 heterocycles. The molecule has 0 saturated carbocycles. The number of benzene rings is 1. The van der Waals surface area contributed by atoms with Crippen molar-refractivity contribution < 1.29 is 9.53 Å². The number of methoxy groups -OCH3 is 1. The largest absolute Gasteiger partial charge is 0.495 e. The van der Waals surface area contributed by atoms with Crippen LogP contribution in [-0.4, -0.2) is 19.4 Å². The van der Waals surface area contributed by atoms with Crippen LogP contribution in [0.25, 0.3) is 0 Å². The molecule has 74 valence electrons. The summed E-state index contributed by atoms with van der Waals surface area (Å²) in [5.74, 6) is 0.946. The number of fused-ring (bicyclic) bond motifs is 1. The Morgan fingerprint density at radius 2 is 2.29 bits per heavy atom. The molecule has 1 aliphatic rings. The maximum Gasteiger partial charge on any atom is 0.165 e. The molecule has 0 spiro atoms. The molecule has 1 aliphatic heterocycles. The molecule has 0 unspecified atom stereocenters. The average molecular weight is 191 g/mol. The maximum atomic E-state index is 11.7. The van der Waals surface area contributed by atoms with Crippen molar-refractivity contribution >= 4 is 11.5 Å². The van der Waals surface area contributed by atoms with Crippen molar-refractivity contribution in [1.29, 1.82) is 0 Å². The van der Waals surface area contributed by atoms with E-state index in [2.05, 4.69) is 5.32 Å². The fourth-order valence-corrected chi connectivity index (χ4v) is 1.71. The first-order chi connectivity index (χ1) is 6.83. The first kappa shape index (κ1) is 9.06. The molecule has 1 aromatic rings. The topological polar surface area (TPSA) is 38.3 Å². The summed E-state index contributed by atoms with van der Waals surface area (Å²) in [6.45, 7) is 0.832. The Morgan fingerprint density at radius 3 is 3.07 bits per heavy atom. The number of anilines is 1. The number of carbonyl (C=O) groups excluding carboxylic acids is 1. The first-order valence-electron chi connectivity index (χ1n) is 4.77. The van der Waals surface area contributed by atoms with Crippen LogP contribution in [0.3, 0.4) is 0 Å². The number of para-hydroxylation sites is 1. The van der Waals surface area contributed by atoms with E-state index in [-0.39, 0.29) is 5.78 Å². The van der Waals surface area contributed by atoms with Crippen LogP contribution < -0.4 is 10.1 Å². The lowest BCUT2D eigenvalue weighted by atomic mass is 10.1. The molecule has 14 heavy (non-hydrogen) atoms. The van der Waals surface area contributed by atoms with Gasteiger partial charge in [0.25, 0.3) is 0 Å². The zero-order chi connectivity index (χ0) is 9.97. The monoisotopic (exact) mass is 191 g/mol. The van der Waals surface area contributed by atoms with E-state index in [9.17, 15) is 4.79 Å². The fraction of sp³-hybridized carbons (Fsp3) is 0.364. The van der Waals surface area contributed by atoms with Gasteiger partial charge < -0.3 is 10.1 Å². The Balaban J connectivity index is 2.51. The van der Waals surface area contributed by atoms with E-state index < -0.39 is 0 Å². The molecule has 1 aromatic carbocycles. The van der Waals surface area contributed by atoms with Gasteiger partial charge in [0.05, 0.1) is 12.8 Å². The van der Waals surface area contributed by atoms with Gasteiger partial charge >= 0.3 is 0 Å². The zero-order valence-electron chi connectivity index (χ0n) is 8.17. The van der Waals surface area contributed by atoms with Crippen LogP contribution in [0.4, 0.5) is 5.69 Å². The molecular weight excluding hydrogens is 178 g/mol. The van der Waals surface area contributed by atoms with E-state index in [1.54, 1.807) is 7.11 Å². The normalized spacial score (nSPS) is 15.4. The highest BCUT2D eigenvalue weighted by molar-refractivity contribution is 6.03. The predicted molar refractivity (Wildman–Crippen MR) is 55.0 cm³/mol. The smallest absolute Gasteiger partial charge is 0.165 e. The van der Waals surface area contributed by atoms with Gasteiger partial charge in [-0.1, -0.05) is 6.07 Å². The lowest BCUT2D eigenvalue weighted by molar-refractivity contribution is 0.0983. The number of ketones is 1. The first-order valence-corrected chi connectivity index (χ1v) is 4.77. The Labute approximate surface area is 83.1 Å². The molecule has 0 amide bonds. The summed E-state index contributed by atoms with van der Waals surface area (Å²) in [6.07, 6.45) is 1.50. The third-order valence-electron chi connectivity index (χ3n) is 2.43. The standard InChI is InChI=1S/C11H13NO2/c1-14-10-6-2-4-8-9(13)5-3-7-12-11(8)10/h2,4,6,12H,3,5,7H2,1H3. The van der Waals surface area contributed by atoms with Crippen LogP contribution in [0.1, 0.15) is 23.2 Å². The minimum absolute atomic E-state index is 0.198. The highest BCUT2D eigenvalue weighted by Crippen LogP contribution is 2.30. The predicted octanol–water partition coefficient (Wildman–Crippen LogP) is 2.08. The van der Waals surface area contributed by atoms with Gasteiger partial charge in [0.15, 0.2) is 5.78 Å². The van der Waals surface area contributed by atoms with Crippen LogP contribution >= 0.6 is 0 Å². The van der Waals surface area contributed by atoms with Crippen molar-refractivity contribution in [2.75, 3.05) is 19.0 Å². The van der Waals surface area contributed by atoms with Crippen molar-refractivity contribution in [2.24, 2.45) is 0 Å². The lowest BCUT2D eigenvalue weighted by Crippen LogP contribution is -2.02. The van der Waals surface area contributed by atoms with Gasteiger partial charge in [-0.05, 0) is 18.6 Å². The van der Waals surface area contributed by atoms with Gasteiger partial charge in [-0.15, -0.1) is 0 Å². The van der Waals surface area contributed by atoms with Gasteiger partial charge in [0.1, 0.15) is 5.75 Å². The van der Waals surface area contributed by atoms with E-state index in [0.29, 0.717) is 6.42 Å². The molecule has 0 bridgehead atoms. The molecule has 0 atom stereocenters. The van der Waals surface area contributed by atoms with Crippen molar-refractivity contribution in [3.63, 3.8) is 0 Å². The second-order valence-corrected chi connectivity index (χ2v) is 3.34. The van der Waals surface area contributed by atoms with Crippen LogP contribution in [0.2, 0.25) is 0 Å². The second-order valence-electron chi connectivity index (χ2n) is 3.34. The number of hydrogen-bond acceptors (Lipinski definition) is 3. The Morgan fingerprint density at radius 1 is 1.43 bits per heavy atom. The summed E-state index contributed by atoms with van der Waals surface area (Å²) in [7, 11) is 1.62. The van der Waals surface area contributed by atoms with Crippen molar-refractivity contribution in [3.8, 4) is 5.75 Å². The van der Waals surface area contributed by atoms with Gasteiger partial charge in [0.2, 0.25) is 0 Å². The molecule has 2 rings (SSSR count). The van der Waals surface area contributed by atoms with Gasteiger partial charge in [0, 0.05) is 18.5 Å². The Bertz CT molecular complexity index is 360. The van der Waals surface area contributed by atoms with E-state index >= 15 is 0 Å². The number of carbonyl (C=O) groups is 1. The number of ether oxygens (including phenoxy) is 1. The minimum Gasteiger partial charge on any atom is -0.495 e. The van der Waals surface area contributed by atoms with Crippen LogP contribution in [-0.2, 0) is 0 Å². The van der Waals surface area contributed by atoms with Crippen LogP contribution in [0, 0.1) is 0 Å². The van der Waals surface area contributed by atoms with E-state index in [0.717, 1.165) is 30.0 Å². The van der Waals surface area contributed by atoms with Crippen LogP contribution in [0.5, 0.6) is 5.75 Å². The minimum atomic E-state index is 0.198. The quantitative estimate of drug-likeness (QED) is 0.738. The Kier molecular flexibility index (Phi) is 2.39. The average Bonchev–Trinajstić information content (AvgIpc) is 2.41. The van der Waals surface area contributed by atoms with Gasteiger partial charge in [-0.3, -0.25) is 4.79 Å². The van der Waals surface area contributed by atoms with E-state index in [1.807, 2.05) is 18.2 Å². The summed E-state index contributed by atoms with van der Waals surface area (Å²) in [5, 5.41) is 3.23. The number of hydrogen-bond donors (Lipinski definition) is 1. The molecule has 3 nitrogen and oxygen atoms in total. The molecule has 0 saturated heterocycles. The number of Topliss-reactive ketones (excluding diaryl/α,β-unsaturated/α-hetero) is 1. The third kappa shape index (κ3) is 1.45. The van der Waals surface area contributed by atoms with Crippen molar-refractivity contribution in [1.82, 2.24) is 0 Å². The zero-order valence-corrected chi connectivity index (χ0v) is 8.17. The number of rotatable bonds is 1. The molecule has 0 aliphatic carbocycles. The second kappa shape index (κ2) is 3.70. The lowest BCUT2D eigenvalue weighted by Gasteiger charge is -2.11. The highest BCUT2D eigenvalue weighted by atomic mass is 16.5. The molecule has 3 heteroatoms. The Hall–Kier alpha value is -1.51. The highest BCUT2D eigenvalue weighted by Gasteiger charge is 2.17. The summed E-state index contributed by atoms with van der Waals surface area (Å²) in [6, 6.07) is 5.56. The molecular formula is C11H13NO2. The molecule has 0 fully saturated rings. The van der Waals surface area contributed by atoms with Gasteiger partial charge in [-0.25, -0.2) is 0 Å². The summed E-state index contributed by atoms with van der Waals surface area (Å²) in [5.41, 5.74) is 1.60. The van der Waals surface area contributed by atoms with Crippen molar-refractivity contribution in [2.45, 2.75) is 12.8 Å². The third-order valence-corrected chi connectivity index (χ3v) is 2.43. The van der Waals surface area contributed by atoms with E-state index in [4.69, 9.17) is 4.74 Å². The number of nitrogens with one attached hydrogen (secondary N) is 1. The van der Waals surface area contributed by atoms with E-state index in [1.165, 1.54) is 0 Å². The maximum absolute atomic E-state index is 11.7. The fourth-order valence-electron chi connectivity index (χ4n) is 1.71. The molecule has 0 aromatic heterocycles. The SMILES string of the molecule is COc1cccc2c1NCCCC2=O. The summed E-state index contributed by atoms with van der Waals surface area (Å²) < 4.78 is 5.20. The molecule has 1 N–H and O–H groups in total. The van der Waals surface area contributed by atoms with Crippen LogP contribution in [0.15, 0.2) is 18.2 Å². The van der Waals surface area contributed by atoms with Crippen molar-refractivity contribution in [3.05, 3.63) is 23.8 Å². The summed E-state index contributed by atoms with van der Waals surface area (Å²) in [4.78, 5) is 11.7. The summed E-state index contributed by atoms with van der Waals surface area (Å²) >= 11 is 0. The van der Waals surface area contributed by atoms with Gasteiger partial charge in [-0.2, -0.15) is 0 Å². The molecule has 0 radical (unpaired) electrons.